The summed E-state index contributed by atoms with van der Waals surface area (Å²) in [5, 5.41) is 59.6. The summed E-state index contributed by atoms with van der Waals surface area (Å²) >= 11 is 3.36. The highest BCUT2D eigenvalue weighted by Gasteiger charge is 2.32. The SMILES string of the molecule is N#Cc1c(C#N)c(-n2c3ccc(-n4c5ccccc5c5ccccc54)cc3c3cc4c(cc32)sc2ccccc24)c(C#N)c(C#N)c1-n1c2ccc(-n3c4ccccc4c4ccccc43)cc2c2cc3c(cc21)sc1ccccc13. The van der Waals surface area contributed by atoms with Crippen LogP contribution < -0.4 is 0 Å². The van der Waals surface area contributed by atoms with Crippen LogP contribution in [-0.4, -0.2) is 18.3 Å². The first-order valence-corrected chi connectivity index (χ1v) is 27.8. The maximum atomic E-state index is 11.8. The van der Waals surface area contributed by atoms with Gasteiger partial charge in [0.15, 0.2) is 0 Å². The molecule has 0 atom stereocenters. The molecule has 0 aliphatic heterocycles. The number of rotatable bonds is 4. The van der Waals surface area contributed by atoms with Gasteiger partial charge in [0.25, 0.3) is 0 Å². The standard InChI is InChI=1S/C70H34N8S2/c71-35-53-55(37-73)70(78-62-28-26-40(76-59-21-9-3-15-43(59)44-16-4-10-22-60(44)76)30-48(62)50-32-52-46-18-6-12-24-66(46)80-68(52)34-64(50)78)56(38-74)54(36-72)69(53)77-61-27-25-39(75-57-19-7-1-13-41(57)42-14-2-8-20-58(42)75)29-47(61)49-31-51-45-17-5-11-23-65(45)79-67(51)33-63(49)77/h1-34H. The first-order chi connectivity index (χ1) is 39.5. The first-order valence-electron chi connectivity index (χ1n) is 26.1. The number of nitrogens with zero attached hydrogens (tertiary/aromatic N) is 8. The molecule has 6 aromatic heterocycles. The molecular formula is C70H34N8S2. The topological polar surface area (TPSA) is 115 Å². The fourth-order valence-electron chi connectivity index (χ4n) is 13.2. The van der Waals surface area contributed by atoms with Gasteiger partial charge >= 0.3 is 0 Å². The Hall–Kier alpha value is -11.0. The van der Waals surface area contributed by atoms with Gasteiger partial charge in [-0.25, -0.2) is 0 Å². The third kappa shape index (κ3) is 5.77. The monoisotopic (exact) mass is 1050 g/mol. The van der Waals surface area contributed by atoms with Crippen molar-refractivity contribution in [1.29, 1.82) is 21.0 Å². The highest BCUT2D eigenvalue weighted by atomic mass is 32.1. The van der Waals surface area contributed by atoms with Gasteiger partial charge in [-0.15, -0.1) is 22.7 Å². The summed E-state index contributed by atoms with van der Waals surface area (Å²) in [5.41, 5.74) is 9.46. The molecule has 0 saturated heterocycles. The highest BCUT2D eigenvalue weighted by Crippen LogP contribution is 2.47. The number of thiophene rings is 2. The molecule has 8 nitrogen and oxygen atoms in total. The predicted octanol–water partition coefficient (Wildman–Crippen LogP) is 18.3. The lowest BCUT2D eigenvalue weighted by Crippen LogP contribution is -2.12. The van der Waals surface area contributed by atoms with E-state index in [1.807, 2.05) is 33.4 Å². The summed E-state index contributed by atoms with van der Waals surface area (Å²) in [6.07, 6.45) is 0. The van der Waals surface area contributed by atoms with Crippen molar-refractivity contribution in [2.45, 2.75) is 0 Å². The molecule has 0 fully saturated rings. The molecule has 0 aliphatic carbocycles. The summed E-state index contributed by atoms with van der Waals surface area (Å²) in [7, 11) is 0. The average molecular weight is 1050 g/mol. The molecule has 0 aliphatic rings. The number of benzene rings is 11. The zero-order valence-electron chi connectivity index (χ0n) is 42.0. The Balaban J connectivity index is 0.984. The minimum absolute atomic E-state index is 0.000368. The van der Waals surface area contributed by atoms with E-state index < -0.39 is 0 Å². The molecule has 0 radical (unpaired) electrons. The van der Waals surface area contributed by atoms with Crippen molar-refractivity contribution in [3.05, 3.63) is 229 Å². The van der Waals surface area contributed by atoms with Crippen LogP contribution in [0.5, 0.6) is 0 Å². The Bertz CT molecular complexity index is 5340. The molecule has 0 saturated carbocycles. The maximum absolute atomic E-state index is 11.8. The van der Waals surface area contributed by atoms with Crippen molar-refractivity contribution in [3.63, 3.8) is 0 Å². The van der Waals surface area contributed by atoms with Crippen LogP contribution in [0.15, 0.2) is 206 Å². The fourth-order valence-corrected chi connectivity index (χ4v) is 15.5. The molecule has 10 heteroatoms. The number of aromatic nitrogens is 4. The lowest BCUT2D eigenvalue weighted by atomic mass is 9.94. The largest absolute Gasteiger partial charge is 0.309 e. The first kappa shape index (κ1) is 44.2. The van der Waals surface area contributed by atoms with E-state index in [0.29, 0.717) is 0 Å². The van der Waals surface area contributed by atoms with Crippen molar-refractivity contribution in [3.8, 4) is 47.0 Å². The van der Waals surface area contributed by atoms with Crippen molar-refractivity contribution >= 4 is 150 Å². The third-order valence-electron chi connectivity index (χ3n) is 16.5. The van der Waals surface area contributed by atoms with Crippen molar-refractivity contribution in [1.82, 2.24) is 18.3 Å². The van der Waals surface area contributed by atoms with E-state index in [4.69, 9.17) is 0 Å². The molecule has 80 heavy (non-hydrogen) atoms. The Labute approximate surface area is 462 Å². The summed E-state index contributed by atoms with van der Waals surface area (Å²) in [6.45, 7) is 0. The minimum atomic E-state index is -0.000368. The second kappa shape index (κ2) is 16.3. The number of para-hydroxylation sites is 4. The van der Waals surface area contributed by atoms with E-state index in [-0.39, 0.29) is 33.6 Å². The maximum Gasteiger partial charge on any atom is 0.103 e. The molecular weight excluding hydrogens is 1020 g/mol. The zero-order chi connectivity index (χ0) is 53.1. The highest BCUT2D eigenvalue weighted by molar-refractivity contribution is 7.26. The van der Waals surface area contributed by atoms with E-state index >= 15 is 0 Å². The van der Waals surface area contributed by atoms with E-state index in [1.165, 1.54) is 0 Å². The quantitative estimate of drug-likeness (QED) is 0.175. The van der Waals surface area contributed by atoms with Crippen LogP contribution >= 0.6 is 22.7 Å². The zero-order valence-corrected chi connectivity index (χ0v) is 43.7. The van der Waals surface area contributed by atoms with Gasteiger partial charge in [-0.05, 0) is 97.1 Å². The van der Waals surface area contributed by atoms with E-state index in [2.05, 4.69) is 215 Å². The molecule has 6 heterocycles. The molecule has 0 unspecified atom stereocenters. The van der Waals surface area contributed by atoms with E-state index in [9.17, 15) is 21.0 Å². The van der Waals surface area contributed by atoms with Crippen molar-refractivity contribution in [2.75, 3.05) is 0 Å². The Morgan fingerprint density at radius 2 is 0.537 bits per heavy atom. The smallest absolute Gasteiger partial charge is 0.103 e. The van der Waals surface area contributed by atoms with E-state index in [1.54, 1.807) is 22.7 Å². The molecule has 0 N–H and O–H groups in total. The number of nitriles is 4. The molecule has 0 bridgehead atoms. The van der Waals surface area contributed by atoms with Crippen molar-refractivity contribution < 1.29 is 0 Å². The lowest BCUT2D eigenvalue weighted by molar-refractivity contribution is 1.10. The van der Waals surface area contributed by atoms with Gasteiger partial charge in [-0.1, -0.05) is 109 Å². The van der Waals surface area contributed by atoms with Crippen LogP contribution in [0.4, 0.5) is 0 Å². The predicted molar refractivity (Wildman–Crippen MR) is 328 cm³/mol. The van der Waals surface area contributed by atoms with Gasteiger partial charge < -0.3 is 18.3 Å². The molecule has 17 aromatic rings. The summed E-state index contributed by atoms with van der Waals surface area (Å²) < 4.78 is 12.8. The van der Waals surface area contributed by atoms with Gasteiger partial charge in [0.05, 0.1) is 77.8 Å². The van der Waals surface area contributed by atoms with Crippen LogP contribution in [0.3, 0.4) is 0 Å². The minimum Gasteiger partial charge on any atom is -0.309 e. The van der Waals surface area contributed by atoms with Gasteiger partial charge in [-0.3, -0.25) is 0 Å². The number of fused-ring (bicyclic) bond motifs is 18. The van der Waals surface area contributed by atoms with Crippen LogP contribution in [0, 0.1) is 45.3 Å². The average Bonchev–Trinajstić information content (AvgIpc) is 4.49. The van der Waals surface area contributed by atoms with Crippen molar-refractivity contribution in [2.24, 2.45) is 0 Å². The number of hydrogen-bond acceptors (Lipinski definition) is 6. The van der Waals surface area contributed by atoms with Gasteiger partial charge in [0.1, 0.15) is 24.3 Å². The second-order valence-corrected chi connectivity index (χ2v) is 22.6. The summed E-state index contributed by atoms with van der Waals surface area (Å²) in [5.74, 6) is 0. The van der Waals surface area contributed by atoms with Crippen LogP contribution in [0.2, 0.25) is 0 Å². The lowest BCUT2D eigenvalue weighted by Gasteiger charge is -2.20. The van der Waals surface area contributed by atoms with Crippen LogP contribution in [0.1, 0.15) is 22.3 Å². The van der Waals surface area contributed by atoms with E-state index in [0.717, 1.165) is 139 Å². The molecule has 366 valence electrons. The Morgan fingerprint density at radius 1 is 0.237 bits per heavy atom. The normalized spacial score (nSPS) is 11.9. The van der Waals surface area contributed by atoms with Gasteiger partial charge in [0.2, 0.25) is 0 Å². The third-order valence-corrected chi connectivity index (χ3v) is 18.8. The number of hydrogen-bond donors (Lipinski definition) is 0. The molecule has 0 spiro atoms. The second-order valence-electron chi connectivity index (χ2n) is 20.4. The molecule has 11 aromatic carbocycles. The fraction of sp³-hybridized carbons (Fsp3) is 0. The van der Waals surface area contributed by atoms with Gasteiger partial charge in [0, 0.05) is 94.8 Å². The summed E-state index contributed by atoms with van der Waals surface area (Å²) in [6, 6.07) is 81.7. The van der Waals surface area contributed by atoms with Gasteiger partial charge in [-0.2, -0.15) is 21.0 Å². The van der Waals surface area contributed by atoms with Crippen LogP contribution in [0.25, 0.3) is 150 Å². The van der Waals surface area contributed by atoms with Crippen LogP contribution in [-0.2, 0) is 0 Å². The Morgan fingerprint density at radius 3 is 0.887 bits per heavy atom. The Kier molecular flexibility index (Phi) is 8.99. The summed E-state index contributed by atoms with van der Waals surface area (Å²) in [4.78, 5) is 0. The molecule has 0 amide bonds. The molecule has 17 rings (SSSR count).